The molecule has 0 saturated heterocycles. The van der Waals surface area contributed by atoms with Crippen molar-refractivity contribution in [2.24, 2.45) is 0 Å². The molecular formula is C13H12FN5. The Morgan fingerprint density at radius 2 is 2.21 bits per heavy atom. The quantitative estimate of drug-likeness (QED) is 0.881. The minimum Gasteiger partial charge on any atom is -0.383 e. The Kier molecular flexibility index (Phi) is 3.57. The van der Waals surface area contributed by atoms with Gasteiger partial charge in [-0.1, -0.05) is 13.0 Å². The second-order valence-electron chi connectivity index (χ2n) is 3.84. The molecule has 6 heteroatoms. The Hall–Kier alpha value is -2.68. The second kappa shape index (κ2) is 5.31. The van der Waals surface area contributed by atoms with Crippen LogP contribution in [0.4, 0.5) is 21.7 Å². The van der Waals surface area contributed by atoms with E-state index in [1.807, 2.05) is 13.0 Å². The van der Waals surface area contributed by atoms with E-state index in [2.05, 4.69) is 15.3 Å². The van der Waals surface area contributed by atoms with Crippen LogP contribution in [0, 0.1) is 17.1 Å². The predicted molar refractivity (Wildman–Crippen MR) is 70.2 cm³/mol. The first kappa shape index (κ1) is 12.8. The van der Waals surface area contributed by atoms with E-state index < -0.39 is 5.82 Å². The first-order valence-electron chi connectivity index (χ1n) is 5.72. The molecule has 0 aliphatic carbocycles. The Bertz CT molecular complexity index is 648. The molecule has 96 valence electrons. The summed E-state index contributed by atoms with van der Waals surface area (Å²) in [6.45, 7) is 1.91. The number of nitrogens with zero attached hydrogens (tertiary/aromatic N) is 3. The van der Waals surface area contributed by atoms with Crippen molar-refractivity contribution < 1.29 is 4.39 Å². The molecule has 0 aliphatic heterocycles. The molecule has 1 aromatic carbocycles. The van der Waals surface area contributed by atoms with Crippen LogP contribution >= 0.6 is 0 Å². The van der Waals surface area contributed by atoms with Crippen LogP contribution in [-0.2, 0) is 6.42 Å². The smallest absolute Gasteiger partial charge is 0.143 e. The van der Waals surface area contributed by atoms with Gasteiger partial charge in [-0.15, -0.1) is 0 Å². The van der Waals surface area contributed by atoms with Crippen LogP contribution in [0.5, 0.6) is 0 Å². The van der Waals surface area contributed by atoms with Gasteiger partial charge in [0.25, 0.3) is 0 Å². The zero-order chi connectivity index (χ0) is 13.8. The Morgan fingerprint density at radius 1 is 1.42 bits per heavy atom. The summed E-state index contributed by atoms with van der Waals surface area (Å²) >= 11 is 0. The molecule has 2 aromatic rings. The largest absolute Gasteiger partial charge is 0.383 e. The lowest BCUT2D eigenvalue weighted by molar-refractivity contribution is 0.624. The van der Waals surface area contributed by atoms with Crippen molar-refractivity contribution in [3.63, 3.8) is 0 Å². The molecule has 5 nitrogen and oxygen atoms in total. The Morgan fingerprint density at radius 3 is 2.89 bits per heavy atom. The number of nitrogens with one attached hydrogen (secondary N) is 1. The van der Waals surface area contributed by atoms with Crippen LogP contribution in [0.1, 0.15) is 18.1 Å². The maximum Gasteiger partial charge on any atom is 0.143 e. The number of rotatable bonds is 3. The highest BCUT2D eigenvalue weighted by Gasteiger charge is 2.12. The monoisotopic (exact) mass is 257 g/mol. The summed E-state index contributed by atoms with van der Waals surface area (Å²) in [6.07, 6.45) is 1.95. The van der Waals surface area contributed by atoms with Crippen LogP contribution in [0.3, 0.4) is 0 Å². The predicted octanol–water partition coefficient (Wildman–Crippen LogP) is 2.38. The molecule has 0 spiro atoms. The molecule has 0 fully saturated rings. The third-order valence-corrected chi connectivity index (χ3v) is 2.71. The highest BCUT2D eigenvalue weighted by atomic mass is 19.1. The van der Waals surface area contributed by atoms with E-state index in [4.69, 9.17) is 11.0 Å². The number of anilines is 3. The fraction of sp³-hybridized carbons (Fsp3) is 0.154. The summed E-state index contributed by atoms with van der Waals surface area (Å²) in [5.74, 6) is 0.277. The minimum absolute atomic E-state index is 0.0539. The first-order valence-corrected chi connectivity index (χ1v) is 5.72. The molecular weight excluding hydrogens is 245 g/mol. The third kappa shape index (κ3) is 2.45. The number of benzene rings is 1. The summed E-state index contributed by atoms with van der Waals surface area (Å²) in [7, 11) is 0. The molecule has 1 aromatic heterocycles. The highest BCUT2D eigenvalue weighted by Crippen LogP contribution is 2.25. The van der Waals surface area contributed by atoms with Gasteiger partial charge < -0.3 is 11.1 Å². The van der Waals surface area contributed by atoms with Crippen molar-refractivity contribution in [3.05, 3.63) is 41.5 Å². The molecule has 0 unspecified atom stereocenters. The van der Waals surface area contributed by atoms with Crippen molar-refractivity contribution in [2.45, 2.75) is 13.3 Å². The highest BCUT2D eigenvalue weighted by molar-refractivity contribution is 5.68. The molecule has 2 rings (SSSR count). The van der Waals surface area contributed by atoms with Gasteiger partial charge in [-0.25, -0.2) is 14.4 Å². The Balaban J connectivity index is 2.46. The topological polar surface area (TPSA) is 87.6 Å². The molecule has 3 N–H and O–H groups in total. The van der Waals surface area contributed by atoms with Gasteiger partial charge in [-0.2, -0.15) is 5.26 Å². The van der Waals surface area contributed by atoms with E-state index in [9.17, 15) is 4.39 Å². The van der Waals surface area contributed by atoms with Crippen molar-refractivity contribution in [1.82, 2.24) is 9.97 Å². The standard InChI is InChI=1S/C13H12FN5/c1-2-8-12(16)17-7-18-13(8)19-11-5-3-4-10(14)9(11)6-15/h3-5,7H,2H2,1H3,(H3,16,17,18,19). The number of nitrogen functional groups attached to an aromatic ring is 1. The van der Waals surface area contributed by atoms with Crippen LogP contribution in [0.15, 0.2) is 24.5 Å². The van der Waals surface area contributed by atoms with Crippen LogP contribution in [0.2, 0.25) is 0 Å². The third-order valence-electron chi connectivity index (χ3n) is 2.71. The number of nitriles is 1. The molecule has 0 atom stereocenters. The van der Waals surface area contributed by atoms with Crippen molar-refractivity contribution >= 4 is 17.3 Å². The fourth-order valence-corrected chi connectivity index (χ4v) is 1.75. The lowest BCUT2D eigenvalue weighted by Crippen LogP contribution is -2.05. The van der Waals surface area contributed by atoms with Gasteiger partial charge in [-0.3, -0.25) is 0 Å². The van der Waals surface area contributed by atoms with Crippen LogP contribution < -0.4 is 11.1 Å². The van der Waals surface area contributed by atoms with Crippen LogP contribution in [-0.4, -0.2) is 9.97 Å². The van der Waals surface area contributed by atoms with E-state index in [1.165, 1.54) is 18.5 Å². The number of halogens is 1. The van der Waals surface area contributed by atoms with Gasteiger partial charge in [-0.05, 0) is 18.6 Å². The molecule has 19 heavy (non-hydrogen) atoms. The van der Waals surface area contributed by atoms with Crippen molar-refractivity contribution in [3.8, 4) is 6.07 Å². The van der Waals surface area contributed by atoms with E-state index in [1.54, 1.807) is 6.07 Å². The van der Waals surface area contributed by atoms with Crippen LogP contribution in [0.25, 0.3) is 0 Å². The molecule has 0 amide bonds. The van der Waals surface area contributed by atoms with E-state index in [0.717, 1.165) is 5.56 Å². The maximum absolute atomic E-state index is 13.5. The van der Waals surface area contributed by atoms with E-state index in [0.29, 0.717) is 23.7 Å². The number of aromatic nitrogens is 2. The van der Waals surface area contributed by atoms with Crippen molar-refractivity contribution in [1.29, 1.82) is 5.26 Å². The average molecular weight is 257 g/mol. The average Bonchev–Trinajstić information content (AvgIpc) is 2.39. The fourth-order valence-electron chi connectivity index (χ4n) is 1.75. The van der Waals surface area contributed by atoms with Gasteiger partial charge in [0, 0.05) is 5.56 Å². The van der Waals surface area contributed by atoms with Gasteiger partial charge in [0.05, 0.1) is 5.69 Å². The lowest BCUT2D eigenvalue weighted by Gasteiger charge is -2.12. The summed E-state index contributed by atoms with van der Waals surface area (Å²) in [5.41, 5.74) is 6.79. The van der Waals surface area contributed by atoms with E-state index >= 15 is 0 Å². The van der Waals surface area contributed by atoms with Gasteiger partial charge >= 0.3 is 0 Å². The minimum atomic E-state index is -0.576. The molecule has 1 heterocycles. The summed E-state index contributed by atoms with van der Waals surface area (Å²) < 4.78 is 13.5. The Labute approximate surface area is 109 Å². The van der Waals surface area contributed by atoms with E-state index in [-0.39, 0.29) is 5.56 Å². The zero-order valence-corrected chi connectivity index (χ0v) is 10.3. The molecule has 0 radical (unpaired) electrons. The number of hydrogen-bond acceptors (Lipinski definition) is 5. The second-order valence-corrected chi connectivity index (χ2v) is 3.84. The SMILES string of the molecule is CCc1c(N)ncnc1Nc1cccc(F)c1C#N. The first-order chi connectivity index (χ1) is 9.17. The number of hydrogen-bond donors (Lipinski definition) is 2. The summed E-state index contributed by atoms with van der Waals surface area (Å²) in [4.78, 5) is 7.98. The number of nitrogens with two attached hydrogens (primary N) is 1. The molecule has 0 aliphatic rings. The van der Waals surface area contributed by atoms with Crippen molar-refractivity contribution in [2.75, 3.05) is 11.1 Å². The van der Waals surface area contributed by atoms with Gasteiger partial charge in [0.1, 0.15) is 35.4 Å². The normalized spacial score (nSPS) is 9.95. The maximum atomic E-state index is 13.5. The van der Waals surface area contributed by atoms with Gasteiger partial charge in [0.15, 0.2) is 0 Å². The molecule has 0 bridgehead atoms. The zero-order valence-electron chi connectivity index (χ0n) is 10.3. The lowest BCUT2D eigenvalue weighted by atomic mass is 10.1. The van der Waals surface area contributed by atoms with Gasteiger partial charge in [0.2, 0.25) is 0 Å². The molecule has 0 saturated carbocycles. The summed E-state index contributed by atoms with van der Waals surface area (Å²) in [5, 5.41) is 11.9. The summed E-state index contributed by atoms with van der Waals surface area (Å²) in [6, 6.07) is 6.19.